The summed E-state index contributed by atoms with van der Waals surface area (Å²) in [6.07, 6.45) is 3.22. The molecule has 0 aliphatic heterocycles. The second-order valence-corrected chi connectivity index (χ2v) is 7.68. The monoisotopic (exact) mass is 305 g/mol. The van der Waals surface area contributed by atoms with Crippen molar-refractivity contribution in [3.05, 3.63) is 16.6 Å². The molecule has 1 rings (SSSR count). The first kappa shape index (κ1) is 16.6. The van der Waals surface area contributed by atoms with E-state index in [9.17, 15) is 8.42 Å². The van der Waals surface area contributed by atoms with E-state index in [4.69, 9.17) is 0 Å². The average Bonchev–Trinajstić information content (AvgIpc) is 2.81. The number of nitrogens with zero attached hydrogens (tertiary/aromatic N) is 1. The van der Waals surface area contributed by atoms with Crippen LogP contribution in [0.4, 0.5) is 0 Å². The van der Waals surface area contributed by atoms with Crippen molar-refractivity contribution in [3.63, 3.8) is 0 Å². The molecule has 19 heavy (non-hydrogen) atoms. The fraction of sp³-hybridized carbons (Fsp3) is 0.750. The molecule has 110 valence electrons. The molecule has 0 atom stereocenters. The summed E-state index contributed by atoms with van der Waals surface area (Å²) in [7, 11) is -3.26. The molecule has 0 aliphatic rings. The molecule has 0 aromatic carbocycles. The first-order valence-corrected chi connectivity index (χ1v) is 9.03. The third-order valence-electron chi connectivity index (χ3n) is 2.64. The zero-order valence-corrected chi connectivity index (χ0v) is 13.4. The molecule has 0 spiro atoms. The predicted octanol–water partition coefficient (Wildman–Crippen LogP) is 1.69. The van der Waals surface area contributed by atoms with Crippen LogP contribution in [0.3, 0.4) is 0 Å². The summed E-state index contributed by atoms with van der Waals surface area (Å²) in [5, 5.41) is 5.81. The van der Waals surface area contributed by atoms with Gasteiger partial charge in [0.15, 0.2) is 0 Å². The van der Waals surface area contributed by atoms with Crippen LogP contribution in [0.5, 0.6) is 0 Å². The molecule has 0 bridgehead atoms. The summed E-state index contributed by atoms with van der Waals surface area (Å²) in [6.45, 7) is 7.49. The highest BCUT2D eigenvalue weighted by Gasteiger charge is 2.28. The lowest BCUT2D eigenvalue weighted by Crippen LogP contribution is -2.42. The Balaban J connectivity index is 2.46. The zero-order chi connectivity index (χ0) is 14.4. The van der Waals surface area contributed by atoms with Crippen molar-refractivity contribution in [1.82, 2.24) is 15.0 Å². The normalized spacial score (nSPS) is 12.8. The van der Waals surface area contributed by atoms with Gasteiger partial charge in [0.05, 0.1) is 11.3 Å². The van der Waals surface area contributed by atoms with Crippen molar-refractivity contribution in [2.24, 2.45) is 0 Å². The molecule has 1 aromatic heterocycles. The molecule has 0 fully saturated rings. The Morgan fingerprint density at radius 3 is 2.68 bits per heavy atom. The molecule has 7 heteroatoms. The molecule has 5 nitrogen and oxygen atoms in total. The van der Waals surface area contributed by atoms with Crippen LogP contribution in [0.1, 0.15) is 38.6 Å². The molecular formula is C12H23N3O2S2. The average molecular weight is 305 g/mol. The van der Waals surface area contributed by atoms with Gasteiger partial charge in [-0.2, -0.15) is 0 Å². The quantitative estimate of drug-likeness (QED) is 0.681. The van der Waals surface area contributed by atoms with Crippen LogP contribution in [0.25, 0.3) is 0 Å². The van der Waals surface area contributed by atoms with E-state index in [2.05, 4.69) is 15.0 Å². The Hall–Kier alpha value is -0.500. The smallest absolute Gasteiger partial charge is 0.212 e. The minimum Gasteiger partial charge on any atom is -0.317 e. The van der Waals surface area contributed by atoms with Gasteiger partial charge in [0.25, 0.3) is 0 Å². The number of nitrogens with one attached hydrogen (secondary N) is 2. The highest BCUT2D eigenvalue weighted by molar-refractivity contribution is 7.89. The number of aromatic nitrogens is 1. The lowest BCUT2D eigenvalue weighted by Gasteiger charge is -2.23. The topological polar surface area (TPSA) is 71.1 Å². The van der Waals surface area contributed by atoms with Crippen molar-refractivity contribution in [3.8, 4) is 0 Å². The molecule has 0 saturated carbocycles. The van der Waals surface area contributed by atoms with Gasteiger partial charge in [-0.25, -0.2) is 18.1 Å². The molecular weight excluding hydrogens is 282 g/mol. The van der Waals surface area contributed by atoms with Crippen LogP contribution in [0, 0.1) is 0 Å². The largest absolute Gasteiger partial charge is 0.317 e. The molecule has 1 heterocycles. The highest BCUT2D eigenvalue weighted by atomic mass is 32.2. The van der Waals surface area contributed by atoms with Gasteiger partial charge < -0.3 is 5.32 Å². The van der Waals surface area contributed by atoms with Crippen LogP contribution in [0.2, 0.25) is 0 Å². The fourth-order valence-electron chi connectivity index (χ4n) is 1.73. The molecule has 0 radical (unpaired) electrons. The first-order valence-electron chi connectivity index (χ1n) is 6.50. The van der Waals surface area contributed by atoms with E-state index in [0.717, 1.165) is 24.5 Å². The SMILES string of the molecule is CCNCCCCS(=O)(=O)NC(C)(C)c1nccs1. The molecule has 1 aromatic rings. The number of hydrogen-bond acceptors (Lipinski definition) is 5. The zero-order valence-electron chi connectivity index (χ0n) is 11.8. The van der Waals surface area contributed by atoms with Gasteiger partial charge in [-0.3, -0.25) is 0 Å². The number of unbranched alkanes of at least 4 members (excludes halogenated alkanes) is 1. The van der Waals surface area contributed by atoms with Crippen LogP contribution < -0.4 is 10.0 Å². The maximum Gasteiger partial charge on any atom is 0.212 e. The van der Waals surface area contributed by atoms with E-state index >= 15 is 0 Å². The maximum atomic E-state index is 12.0. The van der Waals surface area contributed by atoms with Gasteiger partial charge >= 0.3 is 0 Å². The summed E-state index contributed by atoms with van der Waals surface area (Å²) in [5.74, 6) is 0.160. The molecule has 2 N–H and O–H groups in total. The van der Waals surface area contributed by atoms with E-state index < -0.39 is 15.6 Å². The van der Waals surface area contributed by atoms with Crippen LogP contribution >= 0.6 is 11.3 Å². The summed E-state index contributed by atoms with van der Waals surface area (Å²) in [4.78, 5) is 4.17. The van der Waals surface area contributed by atoms with Crippen LogP contribution in [0.15, 0.2) is 11.6 Å². The van der Waals surface area contributed by atoms with E-state index in [1.165, 1.54) is 11.3 Å². The van der Waals surface area contributed by atoms with Crippen molar-refractivity contribution < 1.29 is 8.42 Å². The van der Waals surface area contributed by atoms with Gasteiger partial charge in [-0.1, -0.05) is 6.92 Å². The minimum absolute atomic E-state index is 0.160. The molecule has 0 unspecified atom stereocenters. The van der Waals surface area contributed by atoms with E-state index in [0.29, 0.717) is 6.42 Å². The Morgan fingerprint density at radius 2 is 2.11 bits per heavy atom. The van der Waals surface area contributed by atoms with Crippen molar-refractivity contribution >= 4 is 21.4 Å². The van der Waals surface area contributed by atoms with E-state index in [-0.39, 0.29) is 5.75 Å². The predicted molar refractivity (Wildman–Crippen MR) is 79.8 cm³/mol. The fourth-order valence-corrected chi connectivity index (χ4v) is 4.08. The van der Waals surface area contributed by atoms with Gasteiger partial charge in [-0.15, -0.1) is 11.3 Å². The van der Waals surface area contributed by atoms with Gasteiger partial charge in [0, 0.05) is 11.6 Å². The molecule has 0 saturated heterocycles. The van der Waals surface area contributed by atoms with Crippen molar-refractivity contribution in [1.29, 1.82) is 0 Å². The molecule has 0 aliphatic carbocycles. The Morgan fingerprint density at radius 1 is 1.37 bits per heavy atom. The second-order valence-electron chi connectivity index (χ2n) is 4.94. The third-order valence-corrected chi connectivity index (χ3v) is 5.39. The highest BCUT2D eigenvalue weighted by Crippen LogP contribution is 2.23. The molecule has 0 amide bonds. The summed E-state index contributed by atoms with van der Waals surface area (Å²) < 4.78 is 26.8. The lowest BCUT2D eigenvalue weighted by molar-refractivity contribution is 0.468. The Labute approximate surface area is 119 Å². The number of hydrogen-bond donors (Lipinski definition) is 2. The lowest BCUT2D eigenvalue weighted by atomic mass is 10.1. The minimum atomic E-state index is -3.26. The van der Waals surface area contributed by atoms with Gasteiger partial charge in [0.2, 0.25) is 10.0 Å². The van der Waals surface area contributed by atoms with Gasteiger partial charge in [-0.05, 0) is 39.8 Å². The van der Waals surface area contributed by atoms with Crippen LogP contribution in [-0.2, 0) is 15.6 Å². The van der Waals surface area contributed by atoms with Crippen LogP contribution in [-0.4, -0.2) is 32.2 Å². The summed E-state index contributed by atoms with van der Waals surface area (Å²) in [6, 6.07) is 0. The standard InChI is InChI=1S/C12H23N3O2S2/c1-4-13-7-5-6-10-19(16,17)15-12(2,3)11-14-8-9-18-11/h8-9,13,15H,4-7,10H2,1-3H3. The Kier molecular flexibility index (Phi) is 6.38. The van der Waals surface area contributed by atoms with Gasteiger partial charge in [0.1, 0.15) is 5.01 Å². The second kappa shape index (κ2) is 7.33. The number of rotatable bonds is 9. The third kappa shape index (κ3) is 5.99. The van der Waals surface area contributed by atoms with E-state index in [1.54, 1.807) is 6.20 Å². The summed E-state index contributed by atoms with van der Waals surface area (Å²) in [5.41, 5.74) is -0.644. The van der Waals surface area contributed by atoms with E-state index in [1.807, 2.05) is 26.2 Å². The number of thiazole rings is 1. The number of sulfonamides is 1. The van der Waals surface area contributed by atoms with Crippen molar-refractivity contribution in [2.45, 2.75) is 39.2 Å². The Bertz CT molecular complexity index is 455. The maximum absolute atomic E-state index is 12.0. The van der Waals surface area contributed by atoms with Crippen molar-refractivity contribution in [2.75, 3.05) is 18.8 Å². The summed E-state index contributed by atoms with van der Waals surface area (Å²) >= 11 is 1.46. The first-order chi connectivity index (χ1) is 8.87.